The maximum atomic E-state index is 12.3. The highest BCUT2D eigenvalue weighted by atomic mass is 19.4. The zero-order valence-corrected chi connectivity index (χ0v) is 9.70. The Hall–Kier alpha value is -1.59. The first-order valence-electron chi connectivity index (χ1n) is 5.63. The van der Waals surface area contributed by atoms with Gasteiger partial charge in [-0.2, -0.15) is 13.2 Å². The molecule has 0 aromatic carbocycles. The molecule has 6 heteroatoms. The van der Waals surface area contributed by atoms with Gasteiger partial charge < -0.3 is 4.74 Å². The lowest BCUT2D eigenvalue weighted by atomic mass is 10.2. The molecule has 2 atom stereocenters. The van der Waals surface area contributed by atoms with Crippen molar-refractivity contribution in [3.63, 3.8) is 0 Å². The number of hydrogen-bond donors (Lipinski definition) is 0. The van der Waals surface area contributed by atoms with Crippen LogP contribution in [0, 0.1) is 5.92 Å². The summed E-state index contributed by atoms with van der Waals surface area (Å²) >= 11 is 0. The molecule has 18 heavy (non-hydrogen) atoms. The maximum Gasteiger partial charge on any atom is 0.417 e. The molecular formula is C12H12F3NO2. The monoisotopic (exact) mass is 259 g/mol. The minimum absolute atomic E-state index is 0.105. The highest BCUT2D eigenvalue weighted by Crippen LogP contribution is 2.47. The topological polar surface area (TPSA) is 39.2 Å². The molecule has 0 radical (unpaired) electrons. The smallest absolute Gasteiger partial charge is 0.417 e. The van der Waals surface area contributed by atoms with Crippen LogP contribution in [0.1, 0.15) is 30.5 Å². The molecule has 0 amide bonds. The highest BCUT2D eigenvalue weighted by molar-refractivity contribution is 5.77. The third-order valence-electron chi connectivity index (χ3n) is 2.87. The minimum atomic E-state index is -4.38. The van der Waals surface area contributed by atoms with Gasteiger partial charge in [0.1, 0.15) is 0 Å². The van der Waals surface area contributed by atoms with E-state index in [0.717, 1.165) is 12.3 Å². The fraction of sp³-hybridized carbons (Fsp3) is 0.500. The van der Waals surface area contributed by atoms with Crippen LogP contribution < -0.4 is 0 Å². The molecule has 1 aliphatic rings. The Morgan fingerprint density at radius 2 is 2.22 bits per heavy atom. The van der Waals surface area contributed by atoms with E-state index in [4.69, 9.17) is 4.74 Å². The van der Waals surface area contributed by atoms with Gasteiger partial charge in [0.15, 0.2) is 0 Å². The van der Waals surface area contributed by atoms with Crippen molar-refractivity contribution in [2.75, 3.05) is 6.61 Å². The third-order valence-corrected chi connectivity index (χ3v) is 2.87. The van der Waals surface area contributed by atoms with Crippen LogP contribution in [0.3, 0.4) is 0 Å². The Labute approximate surface area is 102 Å². The highest BCUT2D eigenvalue weighted by Gasteiger charge is 2.46. The number of nitrogens with zero attached hydrogens (tertiary/aromatic N) is 1. The molecule has 0 bridgehead atoms. The summed E-state index contributed by atoms with van der Waals surface area (Å²) in [5.74, 6) is -0.662. The number of alkyl halides is 3. The van der Waals surface area contributed by atoms with Crippen molar-refractivity contribution in [3.8, 4) is 0 Å². The number of carbonyl (C=O) groups is 1. The van der Waals surface area contributed by atoms with Gasteiger partial charge in [0.2, 0.25) is 0 Å². The second-order valence-electron chi connectivity index (χ2n) is 4.17. The van der Waals surface area contributed by atoms with Crippen molar-refractivity contribution >= 4 is 5.97 Å². The van der Waals surface area contributed by atoms with E-state index in [9.17, 15) is 18.0 Å². The largest absolute Gasteiger partial charge is 0.466 e. The van der Waals surface area contributed by atoms with E-state index in [1.54, 1.807) is 6.92 Å². The van der Waals surface area contributed by atoms with Crippen LogP contribution in [-0.2, 0) is 15.7 Å². The molecule has 1 saturated carbocycles. The quantitative estimate of drug-likeness (QED) is 0.783. The van der Waals surface area contributed by atoms with Crippen LogP contribution in [0.4, 0.5) is 13.2 Å². The zero-order valence-electron chi connectivity index (χ0n) is 9.70. The normalized spacial score (nSPS) is 22.7. The van der Waals surface area contributed by atoms with Crippen molar-refractivity contribution in [2.24, 2.45) is 5.92 Å². The van der Waals surface area contributed by atoms with Gasteiger partial charge in [0.25, 0.3) is 0 Å². The summed E-state index contributed by atoms with van der Waals surface area (Å²) in [7, 11) is 0. The molecular weight excluding hydrogens is 247 g/mol. The molecule has 0 aliphatic heterocycles. The summed E-state index contributed by atoms with van der Waals surface area (Å²) in [6, 6.07) is 2.32. The predicted octanol–water partition coefficient (Wildman–Crippen LogP) is 2.77. The van der Waals surface area contributed by atoms with Gasteiger partial charge in [0, 0.05) is 17.8 Å². The maximum absolute atomic E-state index is 12.3. The summed E-state index contributed by atoms with van der Waals surface area (Å²) < 4.78 is 41.8. The molecule has 2 rings (SSSR count). The van der Waals surface area contributed by atoms with Crippen LogP contribution in [-0.4, -0.2) is 17.6 Å². The summed E-state index contributed by atoms with van der Waals surface area (Å²) in [5, 5.41) is 0. The van der Waals surface area contributed by atoms with Gasteiger partial charge in [-0.05, 0) is 25.5 Å². The number of rotatable bonds is 3. The van der Waals surface area contributed by atoms with E-state index in [2.05, 4.69) is 4.98 Å². The predicted molar refractivity (Wildman–Crippen MR) is 56.7 cm³/mol. The minimum Gasteiger partial charge on any atom is -0.466 e. The van der Waals surface area contributed by atoms with Gasteiger partial charge in [-0.15, -0.1) is 0 Å². The Kier molecular flexibility index (Phi) is 3.28. The summed E-state index contributed by atoms with van der Waals surface area (Å²) in [4.78, 5) is 15.2. The Morgan fingerprint density at radius 3 is 2.72 bits per heavy atom. The SMILES string of the molecule is CCOC(=O)[C@H]1C[C@H]1c1ccc(C(F)(F)F)cn1. The molecule has 0 spiro atoms. The van der Waals surface area contributed by atoms with E-state index in [1.165, 1.54) is 6.07 Å². The number of halogens is 3. The first kappa shape index (κ1) is 12.9. The Morgan fingerprint density at radius 1 is 1.50 bits per heavy atom. The zero-order chi connectivity index (χ0) is 13.3. The summed E-state index contributed by atoms with van der Waals surface area (Å²) in [6.45, 7) is 2.02. The number of ether oxygens (including phenoxy) is 1. The number of carbonyl (C=O) groups excluding carboxylic acids is 1. The lowest BCUT2D eigenvalue weighted by Gasteiger charge is -2.06. The molecule has 0 saturated heterocycles. The van der Waals surface area contributed by atoms with Crippen LogP contribution in [0.15, 0.2) is 18.3 Å². The van der Waals surface area contributed by atoms with Crippen molar-refractivity contribution in [2.45, 2.75) is 25.4 Å². The third kappa shape index (κ3) is 2.63. The van der Waals surface area contributed by atoms with E-state index < -0.39 is 11.7 Å². The number of aromatic nitrogens is 1. The van der Waals surface area contributed by atoms with Crippen molar-refractivity contribution in [1.82, 2.24) is 4.98 Å². The second-order valence-corrected chi connectivity index (χ2v) is 4.17. The van der Waals surface area contributed by atoms with Gasteiger partial charge in [0.05, 0.1) is 18.1 Å². The number of esters is 1. The van der Waals surface area contributed by atoms with Crippen molar-refractivity contribution < 1.29 is 22.7 Å². The van der Waals surface area contributed by atoms with Gasteiger partial charge in [-0.25, -0.2) is 0 Å². The van der Waals surface area contributed by atoms with Gasteiger partial charge in [-0.1, -0.05) is 0 Å². The average Bonchev–Trinajstić information content (AvgIpc) is 3.08. The van der Waals surface area contributed by atoms with E-state index in [1.807, 2.05) is 0 Å². The average molecular weight is 259 g/mol. The molecule has 1 heterocycles. The first-order valence-corrected chi connectivity index (χ1v) is 5.63. The molecule has 1 aromatic heterocycles. The van der Waals surface area contributed by atoms with Crippen molar-refractivity contribution in [3.05, 3.63) is 29.6 Å². The fourth-order valence-electron chi connectivity index (χ4n) is 1.82. The molecule has 3 nitrogen and oxygen atoms in total. The molecule has 1 aromatic rings. The van der Waals surface area contributed by atoms with Gasteiger partial charge >= 0.3 is 12.1 Å². The molecule has 0 unspecified atom stereocenters. The van der Waals surface area contributed by atoms with E-state index >= 15 is 0 Å². The fourth-order valence-corrected chi connectivity index (χ4v) is 1.82. The summed E-state index contributed by atoms with van der Waals surface area (Å²) in [5.41, 5.74) is -0.263. The first-order chi connectivity index (χ1) is 8.43. The Bertz CT molecular complexity index is 442. The van der Waals surface area contributed by atoms with Crippen LogP contribution in [0.5, 0.6) is 0 Å². The van der Waals surface area contributed by atoms with Crippen LogP contribution in [0.2, 0.25) is 0 Å². The Balaban J connectivity index is 2.03. The summed E-state index contributed by atoms with van der Waals surface area (Å²) in [6.07, 6.45) is -2.98. The second kappa shape index (κ2) is 4.59. The number of hydrogen-bond acceptors (Lipinski definition) is 3. The van der Waals surface area contributed by atoms with Crippen LogP contribution in [0.25, 0.3) is 0 Å². The van der Waals surface area contributed by atoms with E-state index in [-0.39, 0.29) is 17.8 Å². The molecule has 1 aliphatic carbocycles. The molecule has 1 fully saturated rings. The lowest BCUT2D eigenvalue weighted by Crippen LogP contribution is -2.08. The van der Waals surface area contributed by atoms with Crippen molar-refractivity contribution in [1.29, 1.82) is 0 Å². The van der Waals surface area contributed by atoms with Gasteiger partial charge in [-0.3, -0.25) is 9.78 Å². The molecule has 0 N–H and O–H groups in total. The van der Waals surface area contributed by atoms with Crippen LogP contribution >= 0.6 is 0 Å². The number of pyridine rings is 1. The molecule has 98 valence electrons. The van der Waals surface area contributed by atoms with E-state index in [0.29, 0.717) is 18.7 Å². The lowest BCUT2D eigenvalue weighted by molar-refractivity contribution is -0.144. The standard InChI is InChI=1S/C12H12F3NO2/c1-2-18-11(17)9-5-8(9)10-4-3-7(6-16-10)12(13,14)15/h3-4,6,8-9H,2,5H2,1H3/t8-,9+/m1/s1.